The molecule has 0 aliphatic rings. The number of benzene rings is 3. The van der Waals surface area contributed by atoms with Crippen LogP contribution >= 0.6 is 39.1 Å². The number of anilines is 1. The molecule has 0 unspecified atom stereocenters. The highest BCUT2D eigenvalue weighted by Crippen LogP contribution is 2.29. The van der Waals surface area contributed by atoms with E-state index in [0.717, 1.165) is 10.0 Å². The van der Waals surface area contributed by atoms with Gasteiger partial charge in [-0.2, -0.15) is 5.10 Å². The maximum absolute atomic E-state index is 12.1. The number of carbonyl (C=O) groups is 2. The Hall–Kier alpha value is -3.07. The standard InChI is InChI=1S/C25H22BrCl2N3O4/c1-2-34-23-11-17(5-10-22(23)35-15-16-3-6-18(26)7-4-16)14-29-31-25(33)13-24(32)30-19-8-9-20(27)21(28)12-19/h3-12,14H,2,13,15H2,1H3,(H,30,32)(H,31,33). The summed E-state index contributed by atoms with van der Waals surface area (Å²) in [6.07, 6.45) is 1.04. The molecule has 0 saturated carbocycles. The molecule has 0 spiro atoms. The third kappa shape index (κ3) is 8.58. The second-order valence-electron chi connectivity index (χ2n) is 7.20. The van der Waals surface area contributed by atoms with E-state index in [2.05, 4.69) is 31.8 Å². The summed E-state index contributed by atoms with van der Waals surface area (Å²) >= 11 is 15.2. The van der Waals surface area contributed by atoms with Crippen LogP contribution in [0.2, 0.25) is 10.0 Å². The molecule has 35 heavy (non-hydrogen) atoms. The van der Waals surface area contributed by atoms with Crippen molar-refractivity contribution in [3.8, 4) is 11.5 Å². The molecule has 0 aliphatic carbocycles. The van der Waals surface area contributed by atoms with Crippen molar-refractivity contribution >= 4 is 62.8 Å². The number of hydrogen-bond donors (Lipinski definition) is 2. The number of hydrogen-bond acceptors (Lipinski definition) is 5. The highest BCUT2D eigenvalue weighted by atomic mass is 79.9. The summed E-state index contributed by atoms with van der Waals surface area (Å²) in [6, 6.07) is 17.8. The second kappa shape index (κ2) is 13.1. The average molecular weight is 579 g/mol. The molecule has 0 fully saturated rings. The first-order valence-corrected chi connectivity index (χ1v) is 12.1. The van der Waals surface area contributed by atoms with E-state index in [9.17, 15) is 9.59 Å². The van der Waals surface area contributed by atoms with Crippen LogP contribution in [0.4, 0.5) is 5.69 Å². The van der Waals surface area contributed by atoms with Crippen LogP contribution in [0.15, 0.2) is 70.2 Å². The van der Waals surface area contributed by atoms with Crippen LogP contribution in [0.3, 0.4) is 0 Å². The van der Waals surface area contributed by atoms with Crippen LogP contribution in [0.5, 0.6) is 11.5 Å². The van der Waals surface area contributed by atoms with E-state index in [0.29, 0.717) is 46.0 Å². The smallest absolute Gasteiger partial charge is 0.249 e. The van der Waals surface area contributed by atoms with Gasteiger partial charge in [0.15, 0.2) is 11.5 Å². The maximum Gasteiger partial charge on any atom is 0.249 e. The Kier molecular flexibility index (Phi) is 9.96. The van der Waals surface area contributed by atoms with Crippen LogP contribution < -0.4 is 20.2 Å². The Bertz CT molecular complexity index is 1220. The molecule has 0 bridgehead atoms. The minimum Gasteiger partial charge on any atom is -0.490 e. The van der Waals surface area contributed by atoms with E-state index in [1.54, 1.807) is 30.3 Å². The molecule has 0 radical (unpaired) electrons. The average Bonchev–Trinajstić information content (AvgIpc) is 2.82. The van der Waals surface area contributed by atoms with Crippen molar-refractivity contribution in [2.75, 3.05) is 11.9 Å². The van der Waals surface area contributed by atoms with Gasteiger partial charge in [0.05, 0.1) is 22.9 Å². The lowest BCUT2D eigenvalue weighted by Crippen LogP contribution is -2.24. The number of nitrogens with zero attached hydrogens (tertiary/aromatic N) is 1. The fraction of sp³-hybridized carbons (Fsp3) is 0.160. The van der Waals surface area contributed by atoms with Crippen LogP contribution in [0.25, 0.3) is 0 Å². The van der Waals surface area contributed by atoms with E-state index in [-0.39, 0.29) is 0 Å². The molecule has 3 rings (SSSR count). The molecule has 182 valence electrons. The summed E-state index contributed by atoms with van der Waals surface area (Å²) in [7, 11) is 0. The van der Waals surface area contributed by atoms with Gasteiger partial charge in [0.25, 0.3) is 0 Å². The van der Waals surface area contributed by atoms with Crippen LogP contribution in [-0.4, -0.2) is 24.6 Å². The SMILES string of the molecule is CCOc1cc(C=NNC(=O)CC(=O)Nc2ccc(Cl)c(Cl)c2)ccc1OCc1ccc(Br)cc1. The summed E-state index contributed by atoms with van der Waals surface area (Å²) in [5, 5.41) is 7.16. The summed E-state index contributed by atoms with van der Waals surface area (Å²) < 4.78 is 12.6. The van der Waals surface area contributed by atoms with Gasteiger partial charge in [-0.25, -0.2) is 5.43 Å². The number of ether oxygens (including phenoxy) is 2. The van der Waals surface area contributed by atoms with E-state index in [4.69, 9.17) is 32.7 Å². The first-order valence-electron chi connectivity index (χ1n) is 10.5. The predicted octanol–water partition coefficient (Wildman–Crippen LogP) is 6.21. The Balaban J connectivity index is 1.53. The molecule has 0 saturated heterocycles. The Labute approximate surface area is 221 Å². The third-order valence-corrected chi connectivity index (χ3v) is 5.77. The number of hydrazone groups is 1. The van der Waals surface area contributed by atoms with Crippen LogP contribution in [0, 0.1) is 0 Å². The van der Waals surface area contributed by atoms with Gasteiger partial charge in [0, 0.05) is 10.2 Å². The van der Waals surface area contributed by atoms with Gasteiger partial charge < -0.3 is 14.8 Å². The minimum atomic E-state index is -0.571. The number of carbonyl (C=O) groups excluding carboxylic acids is 2. The molecule has 0 aromatic heterocycles. The Morgan fingerprint density at radius 2 is 1.71 bits per heavy atom. The van der Waals surface area contributed by atoms with Gasteiger partial charge in [0.2, 0.25) is 11.8 Å². The maximum atomic E-state index is 12.1. The molecule has 3 aromatic carbocycles. The molecule has 2 amide bonds. The zero-order valence-corrected chi connectivity index (χ0v) is 21.8. The fourth-order valence-corrected chi connectivity index (χ4v) is 3.44. The van der Waals surface area contributed by atoms with Crippen LogP contribution in [-0.2, 0) is 16.2 Å². The van der Waals surface area contributed by atoms with Crippen molar-refractivity contribution < 1.29 is 19.1 Å². The second-order valence-corrected chi connectivity index (χ2v) is 8.93. The highest BCUT2D eigenvalue weighted by Gasteiger charge is 2.10. The van der Waals surface area contributed by atoms with Gasteiger partial charge in [-0.1, -0.05) is 51.3 Å². The molecule has 0 heterocycles. The molecule has 2 N–H and O–H groups in total. The molecular weight excluding hydrogens is 557 g/mol. The Morgan fingerprint density at radius 1 is 0.943 bits per heavy atom. The van der Waals surface area contributed by atoms with Crippen LogP contribution in [0.1, 0.15) is 24.5 Å². The number of amides is 2. The minimum absolute atomic E-state index is 0.301. The van der Waals surface area contributed by atoms with E-state index < -0.39 is 18.2 Å². The van der Waals surface area contributed by atoms with Gasteiger partial charge >= 0.3 is 0 Å². The molecule has 0 aliphatic heterocycles. The summed E-state index contributed by atoms with van der Waals surface area (Å²) in [6.45, 7) is 2.73. The van der Waals surface area contributed by atoms with Gasteiger partial charge in [-0.3, -0.25) is 9.59 Å². The first-order chi connectivity index (χ1) is 16.8. The van der Waals surface area contributed by atoms with E-state index in [1.165, 1.54) is 12.3 Å². The zero-order valence-electron chi connectivity index (χ0n) is 18.7. The van der Waals surface area contributed by atoms with E-state index in [1.807, 2.05) is 31.2 Å². The van der Waals surface area contributed by atoms with Gasteiger partial charge in [0.1, 0.15) is 13.0 Å². The highest BCUT2D eigenvalue weighted by molar-refractivity contribution is 9.10. The summed E-state index contributed by atoms with van der Waals surface area (Å²) in [5.74, 6) is 0.0658. The molecule has 0 atom stereocenters. The lowest BCUT2D eigenvalue weighted by Gasteiger charge is -2.12. The largest absolute Gasteiger partial charge is 0.490 e. The summed E-state index contributed by atoms with van der Waals surface area (Å²) in [5.41, 5.74) is 4.47. The zero-order chi connectivity index (χ0) is 25.2. The van der Waals surface area contributed by atoms with Crippen molar-refractivity contribution in [2.45, 2.75) is 20.0 Å². The van der Waals surface area contributed by atoms with Crippen molar-refractivity contribution in [3.63, 3.8) is 0 Å². The monoisotopic (exact) mass is 577 g/mol. The molecule has 3 aromatic rings. The van der Waals surface area contributed by atoms with Crippen molar-refractivity contribution in [1.82, 2.24) is 5.43 Å². The number of rotatable bonds is 10. The normalized spacial score (nSPS) is 10.7. The van der Waals surface area contributed by atoms with Crippen molar-refractivity contribution in [1.29, 1.82) is 0 Å². The lowest BCUT2D eigenvalue weighted by molar-refractivity contribution is -0.126. The van der Waals surface area contributed by atoms with Crippen molar-refractivity contribution in [2.24, 2.45) is 5.10 Å². The number of nitrogens with one attached hydrogen (secondary N) is 2. The molecular formula is C25H22BrCl2N3O4. The first kappa shape index (κ1) is 26.5. The van der Waals surface area contributed by atoms with Gasteiger partial charge in [-0.05, 0) is 66.6 Å². The van der Waals surface area contributed by atoms with Crippen molar-refractivity contribution in [3.05, 3.63) is 86.3 Å². The molecule has 10 heteroatoms. The topological polar surface area (TPSA) is 89.0 Å². The Morgan fingerprint density at radius 3 is 2.43 bits per heavy atom. The lowest BCUT2D eigenvalue weighted by atomic mass is 10.2. The predicted molar refractivity (Wildman–Crippen MR) is 142 cm³/mol. The van der Waals surface area contributed by atoms with E-state index >= 15 is 0 Å². The quantitative estimate of drug-likeness (QED) is 0.170. The fourth-order valence-electron chi connectivity index (χ4n) is 2.88. The summed E-state index contributed by atoms with van der Waals surface area (Å²) in [4.78, 5) is 24.1. The third-order valence-electron chi connectivity index (χ3n) is 4.50. The number of halogens is 3. The molecule has 7 nitrogen and oxygen atoms in total. The van der Waals surface area contributed by atoms with Gasteiger partial charge in [-0.15, -0.1) is 0 Å².